The molecule has 7 heteroatoms. The summed E-state index contributed by atoms with van der Waals surface area (Å²) in [6, 6.07) is 0. The first-order valence-electron chi connectivity index (χ1n) is 5.53. The molecule has 1 heterocycles. The number of carbonyl (C=O) groups is 1. The van der Waals surface area contributed by atoms with Gasteiger partial charge in [-0.25, -0.2) is 0 Å². The van der Waals surface area contributed by atoms with E-state index in [1.165, 1.54) is 4.90 Å². The molecule has 1 amide bonds. The first kappa shape index (κ1) is 14.6. The zero-order valence-electron chi connectivity index (χ0n) is 9.37. The SMILES string of the molecule is Cl.O=C(C1CC1)N1CCN(CC(F)(F)F)CC1. The van der Waals surface area contributed by atoms with Crippen LogP contribution in [0.4, 0.5) is 13.2 Å². The van der Waals surface area contributed by atoms with Gasteiger partial charge in [-0.15, -0.1) is 12.4 Å². The van der Waals surface area contributed by atoms with Crippen LogP contribution in [0.1, 0.15) is 12.8 Å². The Hall–Kier alpha value is -0.490. The summed E-state index contributed by atoms with van der Waals surface area (Å²) >= 11 is 0. The van der Waals surface area contributed by atoms with E-state index in [9.17, 15) is 18.0 Å². The average Bonchev–Trinajstić information content (AvgIpc) is 2.98. The van der Waals surface area contributed by atoms with E-state index < -0.39 is 12.7 Å². The molecule has 2 fully saturated rings. The topological polar surface area (TPSA) is 23.6 Å². The molecule has 3 nitrogen and oxygen atoms in total. The molecule has 1 aliphatic carbocycles. The molecule has 100 valence electrons. The summed E-state index contributed by atoms with van der Waals surface area (Å²) in [6.07, 6.45) is -2.24. The fraction of sp³-hybridized carbons (Fsp3) is 0.900. The third-order valence-corrected chi connectivity index (χ3v) is 3.01. The highest BCUT2D eigenvalue weighted by Crippen LogP contribution is 2.31. The van der Waals surface area contributed by atoms with Gasteiger partial charge < -0.3 is 4.90 Å². The molecule has 17 heavy (non-hydrogen) atoms. The minimum atomic E-state index is -4.14. The second-order valence-electron chi connectivity index (χ2n) is 4.49. The molecular formula is C10H16ClF3N2O. The molecule has 0 atom stereocenters. The predicted octanol–water partition coefficient (Wildman–Crippen LogP) is 1.52. The molecule has 1 aliphatic heterocycles. The Balaban J connectivity index is 0.00000144. The van der Waals surface area contributed by atoms with Gasteiger partial charge in [0.2, 0.25) is 5.91 Å². The molecule has 2 aliphatic rings. The van der Waals surface area contributed by atoms with Crippen LogP contribution in [-0.4, -0.2) is 54.6 Å². The quantitative estimate of drug-likeness (QED) is 0.761. The standard InChI is InChI=1S/C10H15F3N2O.ClH/c11-10(12,13)7-14-3-5-15(6-4-14)9(16)8-1-2-8;/h8H,1-7H2;1H. The lowest BCUT2D eigenvalue weighted by molar-refractivity contribution is -0.152. The molecule has 1 saturated carbocycles. The van der Waals surface area contributed by atoms with Gasteiger partial charge in [0.15, 0.2) is 0 Å². The highest BCUT2D eigenvalue weighted by atomic mass is 35.5. The Morgan fingerprint density at radius 1 is 1.12 bits per heavy atom. The summed E-state index contributed by atoms with van der Waals surface area (Å²) in [5.41, 5.74) is 0. The predicted molar refractivity (Wildman–Crippen MR) is 59.0 cm³/mol. The van der Waals surface area contributed by atoms with E-state index in [-0.39, 0.29) is 24.2 Å². The number of hydrogen-bond donors (Lipinski definition) is 0. The van der Waals surface area contributed by atoms with Crippen molar-refractivity contribution in [1.29, 1.82) is 0 Å². The van der Waals surface area contributed by atoms with E-state index in [1.54, 1.807) is 4.90 Å². The highest BCUT2D eigenvalue weighted by molar-refractivity contribution is 5.85. The molecule has 2 rings (SSSR count). The van der Waals surface area contributed by atoms with Crippen molar-refractivity contribution in [2.75, 3.05) is 32.7 Å². The van der Waals surface area contributed by atoms with Crippen molar-refractivity contribution in [3.63, 3.8) is 0 Å². The normalized spacial score (nSPS) is 22.2. The Morgan fingerprint density at radius 2 is 1.65 bits per heavy atom. The summed E-state index contributed by atoms with van der Waals surface area (Å²) < 4.78 is 36.3. The molecule has 0 N–H and O–H groups in total. The third-order valence-electron chi connectivity index (χ3n) is 3.01. The van der Waals surface area contributed by atoms with Crippen LogP contribution >= 0.6 is 12.4 Å². The van der Waals surface area contributed by atoms with Gasteiger partial charge in [0.25, 0.3) is 0 Å². The van der Waals surface area contributed by atoms with Gasteiger partial charge >= 0.3 is 6.18 Å². The number of alkyl halides is 3. The smallest absolute Gasteiger partial charge is 0.340 e. The number of piperazine rings is 1. The monoisotopic (exact) mass is 272 g/mol. The van der Waals surface area contributed by atoms with Crippen molar-refractivity contribution in [1.82, 2.24) is 9.80 Å². The zero-order valence-corrected chi connectivity index (χ0v) is 10.2. The van der Waals surface area contributed by atoms with Gasteiger partial charge in [0.1, 0.15) is 0 Å². The van der Waals surface area contributed by atoms with Crippen LogP contribution in [0.2, 0.25) is 0 Å². The van der Waals surface area contributed by atoms with E-state index in [0.717, 1.165) is 12.8 Å². The largest absolute Gasteiger partial charge is 0.401 e. The number of nitrogens with zero attached hydrogens (tertiary/aromatic N) is 2. The van der Waals surface area contributed by atoms with Gasteiger partial charge in [-0.1, -0.05) is 0 Å². The fourth-order valence-corrected chi connectivity index (χ4v) is 1.97. The maximum absolute atomic E-state index is 12.1. The number of halogens is 4. The van der Waals surface area contributed by atoms with Crippen molar-refractivity contribution >= 4 is 18.3 Å². The van der Waals surface area contributed by atoms with Crippen LogP contribution in [0.5, 0.6) is 0 Å². The summed E-state index contributed by atoms with van der Waals surface area (Å²) in [5.74, 6) is 0.292. The maximum atomic E-state index is 12.1. The molecule has 0 aromatic carbocycles. The van der Waals surface area contributed by atoms with Gasteiger partial charge in [-0.2, -0.15) is 13.2 Å². The molecule has 0 bridgehead atoms. The average molecular weight is 273 g/mol. The van der Waals surface area contributed by atoms with Gasteiger partial charge in [0, 0.05) is 32.1 Å². The lowest BCUT2D eigenvalue weighted by Crippen LogP contribution is -2.51. The molecule has 0 spiro atoms. The van der Waals surface area contributed by atoms with Crippen LogP contribution in [0.25, 0.3) is 0 Å². The first-order valence-corrected chi connectivity index (χ1v) is 5.53. The van der Waals surface area contributed by atoms with Crippen LogP contribution in [0.15, 0.2) is 0 Å². The molecular weight excluding hydrogens is 257 g/mol. The Labute approximate surface area is 104 Å². The summed E-state index contributed by atoms with van der Waals surface area (Å²) in [7, 11) is 0. The first-order chi connectivity index (χ1) is 7.46. The molecule has 0 aromatic rings. The van der Waals surface area contributed by atoms with Crippen LogP contribution in [-0.2, 0) is 4.79 Å². The summed E-state index contributed by atoms with van der Waals surface area (Å²) in [4.78, 5) is 14.7. The highest BCUT2D eigenvalue weighted by Gasteiger charge is 2.36. The number of carbonyl (C=O) groups excluding carboxylic acids is 1. The van der Waals surface area contributed by atoms with E-state index >= 15 is 0 Å². The van der Waals surface area contributed by atoms with Gasteiger partial charge in [-0.3, -0.25) is 9.69 Å². The van der Waals surface area contributed by atoms with Crippen molar-refractivity contribution < 1.29 is 18.0 Å². The Bertz CT molecular complexity index is 273. The van der Waals surface area contributed by atoms with Crippen molar-refractivity contribution in [2.45, 2.75) is 19.0 Å². The second kappa shape index (κ2) is 5.44. The van der Waals surface area contributed by atoms with E-state index in [1.807, 2.05) is 0 Å². The van der Waals surface area contributed by atoms with E-state index in [4.69, 9.17) is 0 Å². The number of hydrogen-bond acceptors (Lipinski definition) is 2. The zero-order chi connectivity index (χ0) is 11.8. The fourth-order valence-electron chi connectivity index (χ4n) is 1.97. The molecule has 0 radical (unpaired) electrons. The maximum Gasteiger partial charge on any atom is 0.401 e. The molecule has 1 saturated heterocycles. The van der Waals surface area contributed by atoms with Crippen LogP contribution in [0, 0.1) is 5.92 Å². The number of amides is 1. The van der Waals surface area contributed by atoms with Crippen LogP contribution in [0.3, 0.4) is 0 Å². The van der Waals surface area contributed by atoms with E-state index in [0.29, 0.717) is 26.2 Å². The lowest BCUT2D eigenvalue weighted by Gasteiger charge is -2.35. The van der Waals surface area contributed by atoms with Crippen molar-refractivity contribution in [2.24, 2.45) is 5.92 Å². The summed E-state index contributed by atoms with van der Waals surface area (Å²) in [5, 5.41) is 0. The van der Waals surface area contributed by atoms with Crippen molar-refractivity contribution in [3.05, 3.63) is 0 Å². The third kappa shape index (κ3) is 4.35. The lowest BCUT2D eigenvalue weighted by atomic mass is 10.2. The second-order valence-corrected chi connectivity index (χ2v) is 4.49. The minimum Gasteiger partial charge on any atom is -0.340 e. The molecule has 0 aromatic heterocycles. The minimum absolute atomic E-state index is 0. The summed E-state index contributed by atoms with van der Waals surface area (Å²) in [6.45, 7) is 0.672. The van der Waals surface area contributed by atoms with Gasteiger partial charge in [0.05, 0.1) is 6.54 Å². The van der Waals surface area contributed by atoms with E-state index in [2.05, 4.69) is 0 Å². The number of rotatable bonds is 2. The van der Waals surface area contributed by atoms with Crippen molar-refractivity contribution in [3.8, 4) is 0 Å². The Morgan fingerprint density at radius 3 is 2.06 bits per heavy atom. The van der Waals surface area contributed by atoms with Crippen LogP contribution < -0.4 is 0 Å². The van der Waals surface area contributed by atoms with Gasteiger partial charge in [-0.05, 0) is 12.8 Å². The molecule has 0 unspecified atom stereocenters. The Kier molecular flexibility index (Phi) is 4.66.